The summed E-state index contributed by atoms with van der Waals surface area (Å²) >= 11 is 0. The van der Waals surface area contributed by atoms with Crippen LogP contribution in [0.5, 0.6) is 11.5 Å². The van der Waals surface area contributed by atoms with E-state index < -0.39 is 58.9 Å². The Morgan fingerprint density at radius 3 is 2.44 bits per heavy atom. The highest BCUT2D eigenvalue weighted by molar-refractivity contribution is 6.02. The number of unbranched alkanes of at least 4 members (excludes halogenated alkanes) is 9. The van der Waals surface area contributed by atoms with Gasteiger partial charge < -0.3 is 30.3 Å². The molecule has 1 saturated heterocycles. The number of aromatic hydroxyl groups is 2. The number of phenols is 2. The van der Waals surface area contributed by atoms with E-state index in [9.17, 15) is 44.6 Å². The van der Waals surface area contributed by atoms with E-state index >= 15 is 0 Å². The maximum atomic E-state index is 13.6. The highest BCUT2D eigenvalue weighted by atomic mass is 16.5. The zero-order valence-corrected chi connectivity index (χ0v) is 32.6. The number of aliphatic imine (C=N–C) groups is 1. The lowest BCUT2D eigenvalue weighted by Crippen LogP contribution is -2.52. The molecule has 0 aromatic heterocycles. The Hall–Kier alpha value is -4.44. The summed E-state index contributed by atoms with van der Waals surface area (Å²) in [6.45, 7) is 5.14. The van der Waals surface area contributed by atoms with Gasteiger partial charge in [-0.25, -0.2) is 19.9 Å². The van der Waals surface area contributed by atoms with Gasteiger partial charge in [-0.3, -0.25) is 29.6 Å². The number of carbonyl (C=O) groups is 5. The predicted octanol–water partition coefficient (Wildman–Crippen LogP) is 4.64. The molecule has 0 bridgehead atoms. The van der Waals surface area contributed by atoms with Gasteiger partial charge in [0.1, 0.15) is 24.8 Å². The van der Waals surface area contributed by atoms with Crippen molar-refractivity contribution in [3.05, 3.63) is 23.8 Å². The molecule has 1 aromatic carbocycles. The van der Waals surface area contributed by atoms with Crippen molar-refractivity contribution in [1.82, 2.24) is 20.8 Å². The van der Waals surface area contributed by atoms with Gasteiger partial charge in [-0.2, -0.15) is 0 Å². The molecule has 16 nitrogen and oxygen atoms in total. The Balaban J connectivity index is 1.57. The van der Waals surface area contributed by atoms with Crippen molar-refractivity contribution < 1.29 is 54.1 Å². The van der Waals surface area contributed by atoms with Gasteiger partial charge in [-0.15, -0.1) is 0 Å². The minimum absolute atomic E-state index is 0.0281. The zero-order chi connectivity index (χ0) is 40.4. The van der Waals surface area contributed by atoms with Crippen molar-refractivity contribution >= 4 is 35.5 Å². The second-order valence-corrected chi connectivity index (χ2v) is 14.8. The molecule has 2 aliphatic rings. The maximum Gasteiger partial charge on any atom is 0.328 e. The topological polar surface area (TPSA) is 228 Å². The quantitative estimate of drug-likeness (QED) is 0.0295. The number of esters is 1. The number of hydrogen-bond acceptors (Lipinski definition) is 12. The smallest absolute Gasteiger partial charge is 0.328 e. The van der Waals surface area contributed by atoms with E-state index in [0.717, 1.165) is 19.3 Å². The van der Waals surface area contributed by atoms with Crippen molar-refractivity contribution in [2.24, 2.45) is 4.99 Å². The van der Waals surface area contributed by atoms with Crippen LogP contribution in [0.4, 0.5) is 0 Å². The van der Waals surface area contributed by atoms with Crippen molar-refractivity contribution in [3.8, 4) is 11.5 Å². The number of carbonyl (C=O) groups excluding carboxylic acids is 5. The first-order valence-corrected chi connectivity index (χ1v) is 19.8. The summed E-state index contributed by atoms with van der Waals surface area (Å²) in [5.41, 5.74) is -1.44. The van der Waals surface area contributed by atoms with E-state index in [4.69, 9.17) is 9.47 Å². The van der Waals surface area contributed by atoms with Gasteiger partial charge in [-0.05, 0) is 70.9 Å². The average Bonchev–Trinajstić information content (AvgIpc) is 3.49. The predicted molar refractivity (Wildman–Crippen MR) is 201 cm³/mol. The first-order chi connectivity index (χ1) is 26.2. The van der Waals surface area contributed by atoms with Gasteiger partial charge in [-0.1, -0.05) is 64.4 Å². The first-order valence-electron chi connectivity index (χ1n) is 19.8. The van der Waals surface area contributed by atoms with Gasteiger partial charge in [0.2, 0.25) is 17.7 Å². The standard InChI is InChI=1S/C39H61N5O11/c1-4-5-6-7-8-9-10-11-12-22-33(47)43(52)23-15-14-20-30(37(50)55-27(2)25-32(46)40-29-19-13-16-24-44(53)36(29)49)41-38(51)39(3)26-54-35(42-39)28-18-17-21-31(45)34(28)48/h17-18,21,27,29-30,45,48,52-53H,4-16,19-20,22-26H2,1-3H3,(H,40,46)(H,41,51)/t27-,29-,30+,39+/m1/s1. The fourth-order valence-electron chi connectivity index (χ4n) is 6.46. The van der Waals surface area contributed by atoms with Crippen LogP contribution in [0.25, 0.3) is 0 Å². The number of benzene rings is 1. The normalized spacial score (nSPS) is 19.4. The molecule has 3 rings (SSSR count). The summed E-state index contributed by atoms with van der Waals surface area (Å²) in [6, 6.07) is 2.11. The molecule has 16 heteroatoms. The van der Waals surface area contributed by atoms with E-state index in [-0.39, 0.29) is 56.3 Å². The third-order valence-electron chi connectivity index (χ3n) is 9.85. The Labute approximate surface area is 323 Å². The summed E-state index contributed by atoms with van der Waals surface area (Å²) < 4.78 is 11.2. The summed E-state index contributed by atoms with van der Waals surface area (Å²) in [7, 11) is 0. The molecule has 1 fully saturated rings. The van der Waals surface area contributed by atoms with E-state index in [1.807, 2.05) is 0 Å². The van der Waals surface area contributed by atoms with E-state index in [1.165, 1.54) is 64.2 Å². The third-order valence-corrected chi connectivity index (χ3v) is 9.85. The molecule has 0 spiro atoms. The molecule has 0 radical (unpaired) electrons. The summed E-state index contributed by atoms with van der Waals surface area (Å²) in [5.74, 6) is -4.00. The highest BCUT2D eigenvalue weighted by Crippen LogP contribution is 2.32. The molecule has 4 atom stereocenters. The molecule has 6 N–H and O–H groups in total. The van der Waals surface area contributed by atoms with Gasteiger partial charge in [0.25, 0.3) is 11.8 Å². The molecule has 308 valence electrons. The van der Waals surface area contributed by atoms with Crippen molar-refractivity contribution in [1.29, 1.82) is 0 Å². The minimum atomic E-state index is -1.52. The monoisotopic (exact) mass is 775 g/mol. The Morgan fingerprint density at radius 2 is 1.73 bits per heavy atom. The molecule has 2 heterocycles. The SMILES string of the molecule is CCCCCCCCCCCC(=O)N(O)CCCC[C@H](NC(=O)[C@]1(C)COC(c2cccc(O)c2O)=N1)C(=O)O[C@H](C)CC(=O)N[C@@H]1CCCCN(O)C1=O. The average molecular weight is 776 g/mol. The molecule has 0 saturated carbocycles. The van der Waals surface area contributed by atoms with Crippen LogP contribution in [0.2, 0.25) is 0 Å². The van der Waals surface area contributed by atoms with Crippen LogP contribution < -0.4 is 10.6 Å². The zero-order valence-electron chi connectivity index (χ0n) is 32.6. The van der Waals surface area contributed by atoms with E-state index in [0.29, 0.717) is 48.7 Å². The molecule has 55 heavy (non-hydrogen) atoms. The van der Waals surface area contributed by atoms with Crippen molar-refractivity contribution in [2.45, 2.75) is 154 Å². The number of hydroxylamine groups is 4. The number of nitrogens with zero attached hydrogens (tertiary/aromatic N) is 3. The third kappa shape index (κ3) is 14.6. The van der Waals surface area contributed by atoms with Crippen LogP contribution >= 0.6 is 0 Å². The number of phenolic OH excluding ortho intramolecular Hbond substituents is 2. The van der Waals surface area contributed by atoms with Crippen LogP contribution in [0, 0.1) is 0 Å². The summed E-state index contributed by atoms with van der Waals surface area (Å²) in [5, 5.41) is 46.9. The molecule has 0 aliphatic carbocycles. The summed E-state index contributed by atoms with van der Waals surface area (Å²) in [6.07, 6.45) is 11.2. The number of ether oxygens (including phenoxy) is 2. The lowest BCUT2D eigenvalue weighted by molar-refractivity contribution is -0.167. The van der Waals surface area contributed by atoms with Crippen LogP contribution in [0.15, 0.2) is 23.2 Å². The Morgan fingerprint density at radius 1 is 1.04 bits per heavy atom. The van der Waals surface area contributed by atoms with Gasteiger partial charge in [0, 0.05) is 19.5 Å². The molecule has 0 unspecified atom stereocenters. The molecule has 4 amide bonds. The van der Waals surface area contributed by atoms with Crippen LogP contribution in [0.3, 0.4) is 0 Å². The second kappa shape index (κ2) is 22.8. The Kier molecular flexibility index (Phi) is 18.7. The molecule has 2 aliphatic heterocycles. The lowest BCUT2D eigenvalue weighted by atomic mass is 10.0. The van der Waals surface area contributed by atoms with Gasteiger partial charge >= 0.3 is 5.97 Å². The second-order valence-electron chi connectivity index (χ2n) is 14.8. The lowest BCUT2D eigenvalue weighted by Gasteiger charge is -2.25. The largest absolute Gasteiger partial charge is 0.504 e. The summed E-state index contributed by atoms with van der Waals surface area (Å²) in [4.78, 5) is 69.1. The fraction of sp³-hybridized carbons (Fsp3) is 0.692. The van der Waals surface area contributed by atoms with Crippen LogP contribution in [-0.4, -0.2) is 110 Å². The van der Waals surface area contributed by atoms with E-state index in [1.54, 1.807) is 0 Å². The number of para-hydroxylation sites is 1. The fourth-order valence-corrected chi connectivity index (χ4v) is 6.46. The van der Waals surface area contributed by atoms with E-state index in [2.05, 4.69) is 22.5 Å². The first kappa shape index (κ1) is 45.0. The molecular formula is C39H61N5O11. The number of hydrogen-bond donors (Lipinski definition) is 6. The Bertz CT molecular complexity index is 1470. The van der Waals surface area contributed by atoms with Gasteiger partial charge in [0.05, 0.1) is 12.0 Å². The van der Waals surface area contributed by atoms with Crippen molar-refractivity contribution in [2.75, 3.05) is 19.7 Å². The highest BCUT2D eigenvalue weighted by Gasteiger charge is 2.42. The number of nitrogens with one attached hydrogen (secondary N) is 2. The number of amides is 4. The number of rotatable bonds is 23. The molecule has 1 aromatic rings. The maximum absolute atomic E-state index is 13.6. The van der Waals surface area contributed by atoms with Crippen molar-refractivity contribution in [3.63, 3.8) is 0 Å². The van der Waals surface area contributed by atoms with Crippen LogP contribution in [0.1, 0.15) is 135 Å². The van der Waals surface area contributed by atoms with Gasteiger partial charge in [0.15, 0.2) is 17.0 Å². The van der Waals surface area contributed by atoms with Crippen LogP contribution in [-0.2, 0) is 33.4 Å². The molecular weight excluding hydrogens is 714 g/mol. The minimum Gasteiger partial charge on any atom is -0.504 e.